The molecule has 2 nitrogen and oxygen atoms in total. The average molecular weight is 195 g/mol. The Morgan fingerprint density at radius 3 is 2.50 bits per heavy atom. The number of aliphatic imine (C=N–C) groups is 1. The molecule has 0 saturated heterocycles. The van der Waals surface area contributed by atoms with Gasteiger partial charge in [-0.05, 0) is 39.5 Å². The normalized spacial score (nSPS) is 28.6. The molecular formula is C12H21NO. The molecule has 80 valence electrons. The second kappa shape index (κ2) is 3.25. The molecule has 0 aromatic rings. The van der Waals surface area contributed by atoms with Crippen LogP contribution < -0.4 is 0 Å². The van der Waals surface area contributed by atoms with Gasteiger partial charge >= 0.3 is 0 Å². The van der Waals surface area contributed by atoms with Crippen LogP contribution >= 0.6 is 0 Å². The van der Waals surface area contributed by atoms with Crippen LogP contribution in [-0.4, -0.2) is 17.0 Å². The zero-order valence-electron chi connectivity index (χ0n) is 9.60. The van der Waals surface area contributed by atoms with Crippen molar-refractivity contribution in [2.75, 3.05) is 0 Å². The number of ether oxygens (including phenoxy) is 1. The summed E-state index contributed by atoms with van der Waals surface area (Å²) in [6, 6.07) is 0. The molecule has 0 aromatic carbocycles. The van der Waals surface area contributed by atoms with E-state index in [1.807, 2.05) is 0 Å². The first-order valence-electron chi connectivity index (χ1n) is 5.83. The SMILES string of the molecule is CCC1=NC(C)(C)CC2(CCCC2)O1. The minimum absolute atomic E-state index is 0.0912. The summed E-state index contributed by atoms with van der Waals surface area (Å²) < 4.78 is 6.07. The predicted octanol–water partition coefficient (Wildman–Crippen LogP) is 3.31. The number of hydrogen-bond acceptors (Lipinski definition) is 2. The fraction of sp³-hybridized carbons (Fsp3) is 0.917. The maximum atomic E-state index is 6.07. The molecule has 0 atom stereocenters. The van der Waals surface area contributed by atoms with Crippen molar-refractivity contribution in [3.8, 4) is 0 Å². The molecule has 0 aromatic heterocycles. The van der Waals surface area contributed by atoms with Gasteiger partial charge in [0.05, 0.1) is 5.54 Å². The van der Waals surface area contributed by atoms with Gasteiger partial charge < -0.3 is 4.74 Å². The van der Waals surface area contributed by atoms with Gasteiger partial charge in [-0.25, -0.2) is 4.99 Å². The molecule has 1 spiro atoms. The maximum Gasteiger partial charge on any atom is 0.184 e. The standard InChI is InChI=1S/C12H21NO/c1-4-10-13-11(2,3)9-12(14-10)7-5-6-8-12/h4-9H2,1-3H3. The maximum absolute atomic E-state index is 6.07. The molecule has 0 bridgehead atoms. The summed E-state index contributed by atoms with van der Waals surface area (Å²) in [5.41, 5.74) is 0.241. The lowest BCUT2D eigenvalue weighted by atomic mass is 9.84. The van der Waals surface area contributed by atoms with Gasteiger partial charge in [0.15, 0.2) is 5.90 Å². The second-order valence-electron chi connectivity index (χ2n) is 5.34. The summed E-state index contributed by atoms with van der Waals surface area (Å²) >= 11 is 0. The zero-order valence-corrected chi connectivity index (χ0v) is 9.60. The van der Waals surface area contributed by atoms with Crippen molar-refractivity contribution >= 4 is 5.90 Å². The van der Waals surface area contributed by atoms with E-state index in [9.17, 15) is 0 Å². The summed E-state index contributed by atoms with van der Waals surface area (Å²) in [5.74, 6) is 0.975. The number of rotatable bonds is 1. The van der Waals surface area contributed by atoms with Gasteiger partial charge in [-0.2, -0.15) is 0 Å². The van der Waals surface area contributed by atoms with E-state index in [0.29, 0.717) is 0 Å². The lowest BCUT2D eigenvalue weighted by Crippen LogP contribution is -2.44. The fourth-order valence-corrected chi connectivity index (χ4v) is 2.92. The van der Waals surface area contributed by atoms with Crippen LogP contribution in [0.15, 0.2) is 4.99 Å². The van der Waals surface area contributed by atoms with Crippen molar-refractivity contribution in [2.45, 2.75) is 70.4 Å². The third kappa shape index (κ3) is 1.79. The molecule has 14 heavy (non-hydrogen) atoms. The topological polar surface area (TPSA) is 21.6 Å². The first kappa shape index (κ1) is 10.0. The van der Waals surface area contributed by atoms with E-state index in [1.165, 1.54) is 25.7 Å². The van der Waals surface area contributed by atoms with Crippen molar-refractivity contribution in [1.29, 1.82) is 0 Å². The van der Waals surface area contributed by atoms with Crippen molar-refractivity contribution < 1.29 is 4.74 Å². The predicted molar refractivity (Wildman–Crippen MR) is 58.7 cm³/mol. The summed E-state index contributed by atoms with van der Waals surface area (Å²) in [7, 11) is 0. The molecule has 1 aliphatic heterocycles. The molecule has 2 aliphatic rings. The molecule has 0 radical (unpaired) electrons. The molecule has 1 fully saturated rings. The van der Waals surface area contributed by atoms with Gasteiger partial charge in [-0.15, -0.1) is 0 Å². The summed E-state index contributed by atoms with van der Waals surface area (Å²) in [4.78, 5) is 4.65. The van der Waals surface area contributed by atoms with Crippen LogP contribution in [0.25, 0.3) is 0 Å². The molecule has 1 saturated carbocycles. The first-order chi connectivity index (χ1) is 6.55. The third-order valence-electron chi connectivity index (χ3n) is 3.33. The van der Waals surface area contributed by atoms with Crippen LogP contribution in [0.3, 0.4) is 0 Å². The highest BCUT2D eigenvalue weighted by Gasteiger charge is 2.44. The van der Waals surface area contributed by atoms with Gasteiger partial charge in [-0.1, -0.05) is 6.92 Å². The molecule has 0 N–H and O–H groups in total. The Kier molecular flexibility index (Phi) is 2.32. The summed E-state index contributed by atoms with van der Waals surface area (Å²) in [5, 5.41) is 0. The Morgan fingerprint density at radius 1 is 1.29 bits per heavy atom. The van der Waals surface area contributed by atoms with E-state index < -0.39 is 0 Å². The van der Waals surface area contributed by atoms with Crippen LogP contribution in [0, 0.1) is 0 Å². The van der Waals surface area contributed by atoms with Crippen LogP contribution in [-0.2, 0) is 4.74 Å². The lowest BCUT2D eigenvalue weighted by Gasteiger charge is -2.41. The highest BCUT2D eigenvalue weighted by atomic mass is 16.5. The molecule has 1 heterocycles. The van der Waals surface area contributed by atoms with Crippen LogP contribution in [0.1, 0.15) is 59.3 Å². The van der Waals surface area contributed by atoms with E-state index in [2.05, 4.69) is 25.8 Å². The fourth-order valence-electron chi connectivity index (χ4n) is 2.92. The Balaban J connectivity index is 2.22. The molecule has 0 amide bonds. The van der Waals surface area contributed by atoms with E-state index in [1.54, 1.807) is 0 Å². The van der Waals surface area contributed by atoms with Gasteiger partial charge in [0, 0.05) is 12.8 Å². The zero-order chi connectivity index (χ0) is 10.2. The number of nitrogens with zero attached hydrogens (tertiary/aromatic N) is 1. The Labute approximate surface area is 86.8 Å². The monoisotopic (exact) mass is 195 g/mol. The van der Waals surface area contributed by atoms with Gasteiger partial charge in [0.25, 0.3) is 0 Å². The highest BCUT2D eigenvalue weighted by molar-refractivity contribution is 5.77. The minimum atomic E-state index is 0.0912. The lowest BCUT2D eigenvalue weighted by molar-refractivity contribution is 0.0149. The Bertz CT molecular complexity index is 249. The molecular weight excluding hydrogens is 174 g/mol. The minimum Gasteiger partial charge on any atom is -0.474 e. The first-order valence-corrected chi connectivity index (χ1v) is 5.83. The largest absolute Gasteiger partial charge is 0.474 e. The quantitative estimate of drug-likeness (QED) is 0.629. The number of hydrogen-bond donors (Lipinski definition) is 0. The van der Waals surface area contributed by atoms with Crippen LogP contribution in [0.4, 0.5) is 0 Å². The van der Waals surface area contributed by atoms with Gasteiger partial charge in [-0.3, -0.25) is 0 Å². The van der Waals surface area contributed by atoms with E-state index in [4.69, 9.17) is 4.74 Å². The van der Waals surface area contributed by atoms with Crippen molar-refractivity contribution in [1.82, 2.24) is 0 Å². The summed E-state index contributed by atoms with van der Waals surface area (Å²) in [6.45, 7) is 6.58. The van der Waals surface area contributed by atoms with E-state index in [-0.39, 0.29) is 11.1 Å². The third-order valence-corrected chi connectivity index (χ3v) is 3.33. The van der Waals surface area contributed by atoms with Crippen molar-refractivity contribution in [3.63, 3.8) is 0 Å². The summed E-state index contributed by atoms with van der Waals surface area (Å²) in [6.07, 6.45) is 7.15. The molecule has 0 unspecified atom stereocenters. The highest BCUT2D eigenvalue weighted by Crippen LogP contribution is 2.43. The van der Waals surface area contributed by atoms with Gasteiger partial charge in [0.2, 0.25) is 0 Å². The van der Waals surface area contributed by atoms with E-state index in [0.717, 1.165) is 18.7 Å². The Hall–Kier alpha value is -0.530. The molecule has 2 rings (SSSR count). The van der Waals surface area contributed by atoms with E-state index >= 15 is 0 Å². The van der Waals surface area contributed by atoms with Crippen molar-refractivity contribution in [2.24, 2.45) is 4.99 Å². The molecule has 2 heteroatoms. The Morgan fingerprint density at radius 2 is 1.93 bits per heavy atom. The van der Waals surface area contributed by atoms with Crippen molar-refractivity contribution in [3.05, 3.63) is 0 Å². The van der Waals surface area contributed by atoms with Gasteiger partial charge in [0.1, 0.15) is 5.60 Å². The molecule has 1 aliphatic carbocycles. The second-order valence-corrected chi connectivity index (χ2v) is 5.34. The van der Waals surface area contributed by atoms with Crippen LogP contribution in [0.5, 0.6) is 0 Å². The smallest absolute Gasteiger partial charge is 0.184 e. The van der Waals surface area contributed by atoms with Crippen LogP contribution in [0.2, 0.25) is 0 Å². The average Bonchev–Trinajstić information content (AvgIpc) is 2.49.